The first-order valence-corrected chi connectivity index (χ1v) is 12.6. The summed E-state index contributed by atoms with van der Waals surface area (Å²) in [5, 5.41) is 3.31. The maximum Gasteiger partial charge on any atom is 0.242 e. The van der Waals surface area contributed by atoms with Crippen molar-refractivity contribution in [3.05, 3.63) is 53.7 Å². The normalized spacial score (nSPS) is 16.8. The van der Waals surface area contributed by atoms with Crippen molar-refractivity contribution < 1.29 is 23.7 Å². The lowest BCUT2D eigenvalue weighted by Gasteiger charge is -2.29. The maximum absolute atomic E-state index is 12.9. The first kappa shape index (κ1) is 24.1. The van der Waals surface area contributed by atoms with Crippen molar-refractivity contribution in [1.29, 1.82) is 0 Å². The summed E-state index contributed by atoms with van der Waals surface area (Å²) in [5.74, 6) is 3.22. The van der Waals surface area contributed by atoms with Gasteiger partial charge in [-0.1, -0.05) is 12.1 Å². The predicted molar refractivity (Wildman–Crippen MR) is 141 cm³/mol. The van der Waals surface area contributed by atoms with Gasteiger partial charge in [-0.15, -0.1) is 0 Å². The number of anilines is 4. The highest BCUT2D eigenvalue weighted by molar-refractivity contribution is 5.83. The first-order chi connectivity index (χ1) is 18.6. The average Bonchev–Trinajstić information content (AvgIpc) is 3.40. The molecule has 11 heteroatoms. The van der Waals surface area contributed by atoms with E-state index in [1.807, 2.05) is 35.2 Å². The molecule has 0 aliphatic carbocycles. The predicted octanol–water partition coefficient (Wildman–Crippen LogP) is 2.77. The molecule has 3 aliphatic heterocycles. The van der Waals surface area contributed by atoms with Crippen LogP contribution >= 0.6 is 0 Å². The maximum atomic E-state index is 12.9. The zero-order valence-corrected chi connectivity index (χ0v) is 21.5. The highest BCUT2D eigenvalue weighted by Crippen LogP contribution is 2.37. The number of carbonyl (C=O) groups is 1. The van der Waals surface area contributed by atoms with E-state index in [1.165, 1.54) is 0 Å². The van der Waals surface area contributed by atoms with Crippen molar-refractivity contribution in [3.8, 4) is 17.2 Å². The molecule has 0 saturated carbocycles. The Bertz CT molecular complexity index is 1350. The fourth-order valence-electron chi connectivity index (χ4n) is 4.92. The van der Waals surface area contributed by atoms with Crippen LogP contribution in [0.4, 0.5) is 23.1 Å². The van der Waals surface area contributed by atoms with E-state index in [9.17, 15) is 4.79 Å². The number of morpholine rings is 1. The molecule has 1 saturated heterocycles. The molecular weight excluding hydrogens is 488 g/mol. The Balaban J connectivity index is 1.30. The summed E-state index contributed by atoms with van der Waals surface area (Å²) in [5.41, 5.74) is 3.62. The van der Waals surface area contributed by atoms with Crippen LogP contribution in [0, 0.1) is 0 Å². The number of rotatable bonds is 6. The molecule has 11 nitrogen and oxygen atoms in total. The third-order valence-electron chi connectivity index (χ3n) is 6.95. The van der Waals surface area contributed by atoms with Gasteiger partial charge in [0.25, 0.3) is 0 Å². The summed E-state index contributed by atoms with van der Waals surface area (Å²) in [4.78, 5) is 28.2. The molecule has 1 fully saturated rings. The van der Waals surface area contributed by atoms with Gasteiger partial charge in [-0.25, -0.2) is 4.98 Å². The van der Waals surface area contributed by atoms with Crippen LogP contribution in [0.1, 0.15) is 11.1 Å². The molecule has 38 heavy (non-hydrogen) atoms. The van der Waals surface area contributed by atoms with Crippen LogP contribution in [-0.4, -0.2) is 74.6 Å². The van der Waals surface area contributed by atoms with Gasteiger partial charge < -0.3 is 39.0 Å². The standard InChI is InChI=1S/C27H30N6O5/c1-31-14-19-13-28-27(29-21-7-6-20(12-23(21)35-2)32-8-10-36-11-9-32)30-26(19)33(16-24(31)34)15-18-4-3-5-22-25(18)38-17-37-22/h3-7,12-13H,8-11,14-17H2,1-2H3,(H,28,29,30). The molecule has 0 radical (unpaired) electrons. The summed E-state index contributed by atoms with van der Waals surface area (Å²) in [6, 6.07) is 11.8. The van der Waals surface area contributed by atoms with Crippen LogP contribution in [0.25, 0.3) is 0 Å². The molecule has 1 aromatic heterocycles. The van der Waals surface area contributed by atoms with Crippen LogP contribution < -0.4 is 29.3 Å². The summed E-state index contributed by atoms with van der Waals surface area (Å²) in [7, 11) is 3.44. The van der Waals surface area contributed by atoms with Crippen molar-refractivity contribution in [1.82, 2.24) is 14.9 Å². The Morgan fingerprint density at radius 1 is 1.11 bits per heavy atom. The summed E-state index contributed by atoms with van der Waals surface area (Å²) >= 11 is 0. The van der Waals surface area contributed by atoms with Gasteiger partial charge in [0, 0.05) is 55.8 Å². The summed E-state index contributed by atoms with van der Waals surface area (Å²) in [6.45, 7) is 4.34. The lowest BCUT2D eigenvalue weighted by molar-refractivity contribution is -0.128. The number of fused-ring (bicyclic) bond motifs is 2. The minimum absolute atomic E-state index is 0.00243. The van der Waals surface area contributed by atoms with Gasteiger partial charge in [-0.3, -0.25) is 4.79 Å². The highest BCUT2D eigenvalue weighted by Gasteiger charge is 2.28. The number of benzene rings is 2. The van der Waals surface area contributed by atoms with Crippen LogP contribution in [-0.2, 0) is 22.6 Å². The fourth-order valence-corrected chi connectivity index (χ4v) is 4.92. The van der Waals surface area contributed by atoms with Crippen molar-refractivity contribution in [3.63, 3.8) is 0 Å². The second kappa shape index (κ2) is 10.3. The monoisotopic (exact) mass is 518 g/mol. The molecular formula is C27H30N6O5. The number of methoxy groups -OCH3 is 1. The van der Waals surface area contributed by atoms with Crippen LogP contribution in [0.2, 0.25) is 0 Å². The Kier molecular flexibility index (Phi) is 6.50. The van der Waals surface area contributed by atoms with Crippen molar-refractivity contribution >= 4 is 29.0 Å². The lowest BCUT2D eigenvalue weighted by atomic mass is 10.1. The van der Waals surface area contributed by atoms with Gasteiger partial charge >= 0.3 is 0 Å². The number of hydrogen-bond donors (Lipinski definition) is 1. The van der Waals surface area contributed by atoms with Crippen molar-refractivity contribution in [2.45, 2.75) is 13.1 Å². The van der Waals surface area contributed by atoms with E-state index in [-0.39, 0.29) is 19.2 Å². The van der Waals surface area contributed by atoms with Gasteiger partial charge in [0.2, 0.25) is 18.6 Å². The van der Waals surface area contributed by atoms with Gasteiger partial charge in [0.05, 0.1) is 39.1 Å². The van der Waals surface area contributed by atoms with Gasteiger partial charge in [0.1, 0.15) is 11.6 Å². The molecule has 4 heterocycles. The van der Waals surface area contributed by atoms with E-state index < -0.39 is 0 Å². The second-order valence-corrected chi connectivity index (χ2v) is 9.41. The van der Waals surface area contributed by atoms with Gasteiger partial charge in [-0.2, -0.15) is 4.98 Å². The van der Waals surface area contributed by atoms with Crippen LogP contribution in [0.3, 0.4) is 0 Å². The molecule has 6 rings (SSSR count). The van der Waals surface area contributed by atoms with Gasteiger partial charge in [0.15, 0.2) is 11.5 Å². The smallest absolute Gasteiger partial charge is 0.242 e. The third kappa shape index (κ3) is 4.72. The number of aromatic nitrogens is 2. The molecule has 0 bridgehead atoms. The van der Waals surface area contributed by atoms with E-state index in [4.69, 9.17) is 23.9 Å². The Morgan fingerprint density at radius 2 is 1.97 bits per heavy atom. The number of ether oxygens (including phenoxy) is 4. The first-order valence-electron chi connectivity index (χ1n) is 12.6. The minimum Gasteiger partial charge on any atom is -0.494 e. The Hall–Kier alpha value is -4.25. The van der Waals surface area contributed by atoms with Crippen molar-refractivity contribution in [2.75, 3.05) is 68.9 Å². The molecule has 198 valence electrons. The topological polar surface area (TPSA) is 102 Å². The SMILES string of the molecule is COc1cc(N2CCOCC2)ccc1Nc1ncc2c(n1)N(Cc1cccc3c1OCO3)CC(=O)N(C)C2. The molecule has 0 spiro atoms. The average molecular weight is 519 g/mol. The molecule has 1 N–H and O–H groups in total. The van der Waals surface area contributed by atoms with E-state index in [2.05, 4.69) is 21.3 Å². The zero-order chi connectivity index (χ0) is 26.1. The number of para-hydroxylation sites is 1. The number of carbonyl (C=O) groups excluding carboxylic acids is 1. The molecule has 1 amide bonds. The number of nitrogens with one attached hydrogen (secondary N) is 1. The summed E-state index contributed by atoms with van der Waals surface area (Å²) in [6.07, 6.45) is 1.77. The number of hydrogen-bond acceptors (Lipinski definition) is 10. The Labute approximate surface area is 220 Å². The second-order valence-electron chi connectivity index (χ2n) is 9.41. The fraction of sp³-hybridized carbons (Fsp3) is 0.370. The molecule has 3 aliphatic rings. The van der Waals surface area contributed by atoms with E-state index in [0.29, 0.717) is 55.3 Å². The Morgan fingerprint density at radius 3 is 2.82 bits per heavy atom. The number of amides is 1. The molecule has 2 aromatic carbocycles. The lowest BCUT2D eigenvalue weighted by Crippen LogP contribution is -2.36. The molecule has 0 unspecified atom stereocenters. The third-order valence-corrected chi connectivity index (χ3v) is 6.95. The minimum atomic E-state index is 0.00243. The number of likely N-dealkylation sites (N-methyl/N-ethyl adjacent to an activating group) is 1. The van der Waals surface area contributed by atoms with Gasteiger partial charge in [-0.05, 0) is 18.2 Å². The van der Waals surface area contributed by atoms with Crippen LogP contribution in [0.15, 0.2) is 42.6 Å². The zero-order valence-electron chi connectivity index (χ0n) is 21.5. The molecule has 0 atom stereocenters. The number of nitrogens with zero attached hydrogens (tertiary/aromatic N) is 5. The highest BCUT2D eigenvalue weighted by atomic mass is 16.7. The van der Waals surface area contributed by atoms with Crippen molar-refractivity contribution in [2.24, 2.45) is 0 Å². The summed E-state index contributed by atoms with van der Waals surface area (Å²) < 4.78 is 22.4. The molecule has 3 aromatic rings. The quantitative estimate of drug-likeness (QED) is 0.524. The van der Waals surface area contributed by atoms with E-state index >= 15 is 0 Å². The van der Waals surface area contributed by atoms with E-state index in [0.717, 1.165) is 35.6 Å². The van der Waals surface area contributed by atoms with E-state index in [1.54, 1.807) is 25.3 Å². The largest absolute Gasteiger partial charge is 0.494 e. The van der Waals surface area contributed by atoms with Crippen LogP contribution in [0.5, 0.6) is 17.2 Å².